The second kappa shape index (κ2) is 13.5. The Balaban J connectivity index is 2.93. The third-order valence-corrected chi connectivity index (χ3v) is 5.59. The predicted octanol–water partition coefficient (Wildman–Crippen LogP) is 0.913. The number of carbonyl (C=O) groups excluding carboxylic acids is 3. The molecule has 0 aliphatic rings. The number of rotatable bonds is 13. The van der Waals surface area contributed by atoms with Crippen molar-refractivity contribution in [1.82, 2.24) is 16.0 Å². The predicted molar refractivity (Wildman–Crippen MR) is 128 cm³/mol. The molecule has 7 N–H and O–H groups in total. The number of hydrogen-bond acceptors (Lipinski definition) is 6. The summed E-state index contributed by atoms with van der Waals surface area (Å²) in [5.41, 5.74) is 6.80. The lowest BCUT2D eigenvalue weighted by atomic mass is 9.96. The third kappa shape index (κ3) is 9.38. The molecule has 34 heavy (non-hydrogen) atoms. The minimum Gasteiger partial charge on any atom is -0.508 e. The smallest absolute Gasteiger partial charge is 0.325 e. The van der Waals surface area contributed by atoms with Gasteiger partial charge in [0.05, 0.1) is 6.04 Å². The zero-order valence-electron chi connectivity index (χ0n) is 20.5. The van der Waals surface area contributed by atoms with Crippen LogP contribution >= 0.6 is 0 Å². The average Bonchev–Trinajstić information content (AvgIpc) is 2.77. The first kappa shape index (κ1) is 28.9. The van der Waals surface area contributed by atoms with E-state index in [0.29, 0.717) is 12.8 Å². The molecule has 190 valence electrons. The van der Waals surface area contributed by atoms with Crippen molar-refractivity contribution in [2.75, 3.05) is 0 Å². The van der Waals surface area contributed by atoms with Crippen LogP contribution in [0.3, 0.4) is 0 Å². The number of hydrogen-bond donors (Lipinski definition) is 6. The summed E-state index contributed by atoms with van der Waals surface area (Å²) in [4.78, 5) is 49.6. The SMILES string of the molecule is CCC(C)C(NC(=O)C(CC(C)C)NC(=O)C(N)Cc1ccc(O)cc1)C(=O)NC(C)C(=O)O. The van der Waals surface area contributed by atoms with Gasteiger partial charge in [0.25, 0.3) is 0 Å². The number of carbonyl (C=O) groups is 4. The Morgan fingerprint density at radius 3 is 2.00 bits per heavy atom. The van der Waals surface area contributed by atoms with Crippen LogP contribution in [-0.4, -0.2) is 58.1 Å². The van der Waals surface area contributed by atoms with Gasteiger partial charge in [-0.3, -0.25) is 19.2 Å². The van der Waals surface area contributed by atoms with Crippen molar-refractivity contribution in [2.45, 2.75) is 78.0 Å². The molecule has 0 saturated carbocycles. The lowest BCUT2D eigenvalue weighted by molar-refractivity contribution is -0.142. The van der Waals surface area contributed by atoms with Gasteiger partial charge in [0.1, 0.15) is 23.9 Å². The summed E-state index contributed by atoms with van der Waals surface area (Å²) >= 11 is 0. The number of phenolic OH excluding ortho intramolecular Hbond substituents is 1. The molecule has 0 heterocycles. The fourth-order valence-electron chi connectivity index (χ4n) is 3.28. The molecule has 10 nitrogen and oxygen atoms in total. The standard InChI is InChI=1S/C24H38N4O6/c1-6-14(4)20(23(32)26-15(5)24(33)34)28-22(31)19(11-13(2)3)27-21(30)18(25)12-16-7-9-17(29)10-8-16/h7-10,13-15,18-20,29H,6,11-12,25H2,1-5H3,(H,26,32)(H,27,30)(H,28,31)(H,33,34). The molecular weight excluding hydrogens is 440 g/mol. The van der Waals surface area contributed by atoms with E-state index in [1.165, 1.54) is 19.1 Å². The maximum atomic E-state index is 13.1. The summed E-state index contributed by atoms with van der Waals surface area (Å²) in [5, 5.41) is 26.2. The molecule has 5 atom stereocenters. The van der Waals surface area contributed by atoms with Gasteiger partial charge in [0, 0.05) is 0 Å². The molecular formula is C24H38N4O6. The number of carboxylic acids is 1. The second-order valence-corrected chi connectivity index (χ2v) is 9.11. The Morgan fingerprint density at radius 1 is 0.912 bits per heavy atom. The third-order valence-electron chi connectivity index (χ3n) is 5.59. The molecule has 5 unspecified atom stereocenters. The zero-order valence-corrected chi connectivity index (χ0v) is 20.5. The number of amides is 3. The van der Waals surface area contributed by atoms with Crippen molar-refractivity contribution in [3.63, 3.8) is 0 Å². The quantitative estimate of drug-likeness (QED) is 0.245. The first-order chi connectivity index (χ1) is 15.8. The van der Waals surface area contributed by atoms with Crippen molar-refractivity contribution in [3.05, 3.63) is 29.8 Å². The molecule has 0 fully saturated rings. The second-order valence-electron chi connectivity index (χ2n) is 9.11. The number of nitrogens with two attached hydrogens (primary N) is 1. The van der Waals surface area contributed by atoms with Gasteiger partial charge in [-0.2, -0.15) is 0 Å². The highest BCUT2D eigenvalue weighted by Gasteiger charge is 2.32. The molecule has 0 aromatic heterocycles. The van der Waals surface area contributed by atoms with E-state index < -0.39 is 47.9 Å². The van der Waals surface area contributed by atoms with Crippen LogP contribution in [-0.2, 0) is 25.6 Å². The van der Waals surface area contributed by atoms with E-state index in [9.17, 15) is 24.3 Å². The van der Waals surface area contributed by atoms with Crippen LogP contribution in [0.1, 0.15) is 53.0 Å². The largest absolute Gasteiger partial charge is 0.508 e. The fraction of sp³-hybridized carbons (Fsp3) is 0.583. The molecule has 0 radical (unpaired) electrons. The van der Waals surface area contributed by atoms with Gasteiger partial charge in [-0.25, -0.2) is 0 Å². The van der Waals surface area contributed by atoms with Gasteiger partial charge < -0.3 is 31.9 Å². The van der Waals surface area contributed by atoms with Crippen molar-refractivity contribution >= 4 is 23.7 Å². The Labute approximate surface area is 200 Å². The monoisotopic (exact) mass is 478 g/mol. The van der Waals surface area contributed by atoms with Gasteiger partial charge in [0.2, 0.25) is 17.7 Å². The Morgan fingerprint density at radius 2 is 1.50 bits per heavy atom. The zero-order chi connectivity index (χ0) is 26.0. The number of aromatic hydroxyl groups is 1. The molecule has 3 amide bonds. The van der Waals surface area contributed by atoms with Gasteiger partial charge in [-0.15, -0.1) is 0 Å². The minimum absolute atomic E-state index is 0.0623. The average molecular weight is 479 g/mol. The highest BCUT2D eigenvalue weighted by molar-refractivity contribution is 5.94. The summed E-state index contributed by atoms with van der Waals surface area (Å²) in [5.74, 6) is -2.94. The van der Waals surface area contributed by atoms with E-state index >= 15 is 0 Å². The maximum Gasteiger partial charge on any atom is 0.325 e. The first-order valence-corrected chi connectivity index (χ1v) is 11.5. The first-order valence-electron chi connectivity index (χ1n) is 11.5. The van der Waals surface area contributed by atoms with Crippen molar-refractivity contribution in [3.8, 4) is 5.75 Å². The molecule has 1 aromatic rings. The normalized spacial score (nSPS) is 15.5. The van der Waals surface area contributed by atoms with E-state index in [-0.39, 0.29) is 24.0 Å². The molecule has 1 aromatic carbocycles. The topological polar surface area (TPSA) is 171 Å². The van der Waals surface area contributed by atoms with Crippen LogP contribution in [0.2, 0.25) is 0 Å². The summed E-state index contributed by atoms with van der Waals surface area (Å²) in [7, 11) is 0. The molecule has 1 rings (SSSR count). The van der Waals surface area contributed by atoms with Crippen molar-refractivity contribution in [1.29, 1.82) is 0 Å². The number of benzene rings is 1. The number of aliphatic carboxylic acids is 1. The van der Waals surface area contributed by atoms with Gasteiger partial charge >= 0.3 is 5.97 Å². The van der Waals surface area contributed by atoms with Crippen LogP contribution in [0.15, 0.2) is 24.3 Å². The Kier molecular flexibility index (Phi) is 11.5. The minimum atomic E-state index is -1.19. The van der Waals surface area contributed by atoms with E-state index in [1.54, 1.807) is 19.1 Å². The molecule has 10 heteroatoms. The Hall–Kier alpha value is -3.14. The van der Waals surface area contributed by atoms with E-state index in [0.717, 1.165) is 5.56 Å². The van der Waals surface area contributed by atoms with E-state index in [2.05, 4.69) is 16.0 Å². The van der Waals surface area contributed by atoms with E-state index in [4.69, 9.17) is 10.8 Å². The number of carboxylic acid groups (broad SMARTS) is 1. The molecule has 0 aliphatic carbocycles. The number of nitrogens with one attached hydrogen (secondary N) is 3. The van der Waals surface area contributed by atoms with Crippen molar-refractivity contribution in [2.24, 2.45) is 17.6 Å². The molecule has 0 spiro atoms. The van der Waals surface area contributed by atoms with Crippen LogP contribution in [0, 0.1) is 11.8 Å². The maximum absolute atomic E-state index is 13.1. The lowest BCUT2D eigenvalue weighted by Crippen LogP contribution is -2.58. The highest BCUT2D eigenvalue weighted by atomic mass is 16.4. The summed E-state index contributed by atoms with van der Waals surface area (Å²) in [6.45, 7) is 8.77. The van der Waals surface area contributed by atoms with Crippen LogP contribution in [0.5, 0.6) is 5.75 Å². The van der Waals surface area contributed by atoms with E-state index in [1.807, 2.05) is 20.8 Å². The van der Waals surface area contributed by atoms with Crippen molar-refractivity contribution < 1.29 is 29.4 Å². The summed E-state index contributed by atoms with van der Waals surface area (Å²) in [6.07, 6.45) is 1.11. The molecule has 0 aliphatic heterocycles. The highest BCUT2D eigenvalue weighted by Crippen LogP contribution is 2.13. The lowest BCUT2D eigenvalue weighted by Gasteiger charge is -2.28. The van der Waals surface area contributed by atoms with Gasteiger partial charge in [-0.05, 0) is 49.3 Å². The van der Waals surface area contributed by atoms with Crippen LogP contribution in [0.25, 0.3) is 0 Å². The fourth-order valence-corrected chi connectivity index (χ4v) is 3.28. The Bertz CT molecular complexity index is 842. The number of phenols is 1. The van der Waals surface area contributed by atoms with Gasteiger partial charge in [-0.1, -0.05) is 46.2 Å². The summed E-state index contributed by atoms with van der Waals surface area (Å²) in [6, 6.07) is 2.41. The van der Waals surface area contributed by atoms with Gasteiger partial charge in [0.15, 0.2) is 0 Å². The molecule has 0 bridgehead atoms. The molecule has 0 saturated heterocycles. The summed E-state index contributed by atoms with van der Waals surface area (Å²) < 4.78 is 0. The van der Waals surface area contributed by atoms with Crippen LogP contribution in [0.4, 0.5) is 0 Å². The van der Waals surface area contributed by atoms with Crippen LogP contribution < -0.4 is 21.7 Å².